The standard InChI is InChI=1S/C25H27N3O3/c1-17-23(29)22(20-15-9-10-16-21(20)31-2)24(26-25(30)18-11-5-3-6-12-18)28(27-17)19-13-7-4-8-14-19/h4,7-10,13-16,18H,3,5-6,11-12H2,1-2H3,(H,26,30). The first kappa shape index (κ1) is 20.8. The number of aromatic nitrogens is 2. The average Bonchev–Trinajstić information content (AvgIpc) is 2.82. The molecule has 0 radical (unpaired) electrons. The molecule has 1 aliphatic rings. The van der Waals surface area contributed by atoms with Crippen LogP contribution >= 0.6 is 0 Å². The van der Waals surface area contributed by atoms with Crippen molar-refractivity contribution in [3.8, 4) is 22.6 Å². The Morgan fingerprint density at radius 1 is 1.03 bits per heavy atom. The Labute approximate surface area is 181 Å². The van der Waals surface area contributed by atoms with Crippen molar-refractivity contribution in [2.45, 2.75) is 39.0 Å². The number of carbonyl (C=O) groups excluding carboxylic acids is 1. The Kier molecular flexibility index (Phi) is 6.16. The van der Waals surface area contributed by atoms with Crippen LogP contribution < -0.4 is 15.5 Å². The van der Waals surface area contributed by atoms with Gasteiger partial charge in [-0.05, 0) is 38.0 Å². The van der Waals surface area contributed by atoms with Crippen molar-refractivity contribution >= 4 is 11.7 Å². The number of methoxy groups -OCH3 is 1. The lowest BCUT2D eigenvalue weighted by molar-refractivity contribution is -0.120. The predicted octanol–water partition coefficient (Wildman–Crippen LogP) is 4.74. The van der Waals surface area contributed by atoms with Crippen LogP contribution in [0.3, 0.4) is 0 Å². The van der Waals surface area contributed by atoms with Crippen LogP contribution in [-0.4, -0.2) is 22.8 Å². The summed E-state index contributed by atoms with van der Waals surface area (Å²) in [6.07, 6.45) is 5.00. The number of nitrogens with zero attached hydrogens (tertiary/aromatic N) is 2. The highest BCUT2D eigenvalue weighted by Crippen LogP contribution is 2.34. The third-order valence-electron chi connectivity index (χ3n) is 5.85. The Balaban J connectivity index is 1.93. The summed E-state index contributed by atoms with van der Waals surface area (Å²) in [6.45, 7) is 1.69. The first-order chi connectivity index (χ1) is 15.1. The average molecular weight is 418 g/mol. The maximum atomic E-state index is 13.3. The second-order valence-corrected chi connectivity index (χ2v) is 7.91. The van der Waals surface area contributed by atoms with Crippen LogP contribution in [0.25, 0.3) is 16.8 Å². The lowest BCUT2D eigenvalue weighted by Crippen LogP contribution is -2.29. The van der Waals surface area contributed by atoms with E-state index in [2.05, 4.69) is 10.4 Å². The van der Waals surface area contributed by atoms with Gasteiger partial charge in [-0.15, -0.1) is 0 Å². The van der Waals surface area contributed by atoms with Crippen molar-refractivity contribution in [3.63, 3.8) is 0 Å². The van der Waals surface area contributed by atoms with E-state index in [-0.39, 0.29) is 17.3 Å². The Bertz CT molecular complexity index is 1130. The summed E-state index contributed by atoms with van der Waals surface area (Å²) < 4.78 is 7.19. The fourth-order valence-corrected chi connectivity index (χ4v) is 4.20. The summed E-state index contributed by atoms with van der Waals surface area (Å²) in [5.41, 5.74) is 1.90. The number of para-hydroxylation sites is 2. The van der Waals surface area contributed by atoms with Gasteiger partial charge in [0.05, 0.1) is 18.4 Å². The minimum Gasteiger partial charge on any atom is -0.496 e. The number of rotatable bonds is 5. The number of hydrogen-bond acceptors (Lipinski definition) is 4. The number of benzene rings is 2. The van der Waals surface area contributed by atoms with Gasteiger partial charge in [-0.1, -0.05) is 55.7 Å². The van der Waals surface area contributed by atoms with Gasteiger partial charge in [0.25, 0.3) is 0 Å². The Hall–Kier alpha value is -3.41. The van der Waals surface area contributed by atoms with Gasteiger partial charge in [-0.2, -0.15) is 5.10 Å². The molecule has 0 saturated heterocycles. The predicted molar refractivity (Wildman–Crippen MR) is 122 cm³/mol. The van der Waals surface area contributed by atoms with Crippen LogP contribution in [0.4, 0.5) is 5.82 Å². The molecule has 6 nitrogen and oxygen atoms in total. The summed E-state index contributed by atoms with van der Waals surface area (Å²) in [5.74, 6) is 0.824. The molecule has 0 aliphatic heterocycles. The summed E-state index contributed by atoms with van der Waals surface area (Å²) in [6, 6.07) is 16.9. The number of ether oxygens (including phenoxy) is 1. The van der Waals surface area contributed by atoms with E-state index in [0.29, 0.717) is 28.4 Å². The van der Waals surface area contributed by atoms with E-state index in [4.69, 9.17) is 4.74 Å². The monoisotopic (exact) mass is 417 g/mol. The largest absolute Gasteiger partial charge is 0.496 e. The van der Waals surface area contributed by atoms with E-state index in [1.165, 1.54) is 0 Å². The highest BCUT2D eigenvalue weighted by Gasteiger charge is 2.26. The number of hydrogen-bond donors (Lipinski definition) is 1. The van der Waals surface area contributed by atoms with E-state index >= 15 is 0 Å². The van der Waals surface area contributed by atoms with Gasteiger partial charge >= 0.3 is 0 Å². The lowest BCUT2D eigenvalue weighted by Gasteiger charge is -2.24. The van der Waals surface area contributed by atoms with Crippen LogP contribution in [0.15, 0.2) is 59.4 Å². The van der Waals surface area contributed by atoms with Crippen LogP contribution in [0.5, 0.6) is 5.75 Å². The molecule has 2 aromatic carbocycles. The maximum absolute atomic E-state index is 13.3. The molecule has 160 valence electrons. The van der Waals surface area contributed by atoms with Gasteiger partial charge in [0.2, 0.25) is 11.3 Å². The molecular weight excluding hydrogens is 390 g/mol. The number of nitrogens with one attached hydrogen (secondary N) is 1. The van der Waals surface area contributed by atoms with Crippen molar-refractivity contribution in [1.29, 1.82) is 0 Å². The van der Waals surface area contributed by atoms with Gasteiger partial charge in [-0.3, -0.25) is 9.59 Å². The van der Waals surface area contributed by atoms with Crippen LogP contribution in [0, 0.1) is 12.8 Å². The topological polar surface area (TPSA) is 73.2 Å². The van der Waals surface area contributed by atoms with Gasteiger partial charge in [0.1, 0.15) is 17.3 Å². The molecule has 4 rings (SSSR count). The Morgan fingerprint density at radius 3 is 2.42 bits per heavy atom. The van der Waals surface area contributed by atoms with E-state index in [9.17, 15) is 9.59 Å². The van der Waals surface area contributed by atoms with Crippen LogP contribution in [0.1, 0.15) is 37.8 Å². The van der Waals surface area contributed by atoms with Gasteiger partial charge in [-0.25, -0.2) is 4.68 Å². The number of anilines is 1. The van der Waals surface area contributed by atoms with Crippen molar-refractivity contribution in [1.82, 2.24) is 9.78 Å². The normalized spacial score (nSPS) is 14.3. The first-order valence-corrected chi connectivity index (χ1v) is 10.7. The lowest BCUT2D eigenvalue weighted by atomic mass is 9.88. The molecule has 31 heavy (non-hydrogen) atoms. The molecule has 1 heterocycles. The molecule has 1 amide bonds. The summed E-state index contributed by atoms with van der Waals surface area (Å²) in [5, 5.41) is 7.60. The van der Waals surface area contributed by atoms with Gasteiger partial charge in [0, 0.05) is 11.5 Å². The second kappa shape index (κ2) is 9.16. The van der Waals surface area contributed by atoms with E-state index in [0.717, 1.165) is 37.8 Å². The quantitative estimate of drug-likeness (QED) is 0.651. The maximum Gasteiger partial charge on any atom is 0.228 e. The molecule has 0 atom stereocenters. The molecule has 1 fully saturated rings. The zero-order valence-electron chi connectivity index (χ0n) is 17.9. The molecule has 6 heteroatoms. The molecule has 1 saturated carbocycles. The molecular formula is C25H27N3O3. The molecule has 0 unspecified atom stereocenters. The fraction of sp³-hybridized carbons (Fsp3) is 0.320. The number of aryl methyl sites for hydroxylation is 1. The smallest absolute Gasteiger partial charge is 0.228 e. The van der Waals surface area contributed by atoms with E-state index in [1.54, 1.807) is 18.7 Å². The molecule has 3 aromatic rings. The van der Waals surface area contributed by atoms with Gasteiger partial charge in [0.15, 0.2) is 0 Å². The molecule has 1 N–H and O–H groups in total. The zero-order chi connectivity index (χ0) is 21.8. The minimum absolute atomic E-state index is 0.0557. The molecule has 0 spiro atoms. The van der Waals surface area contributed by atoms with E-state index in [1.807, 2.05) is 54.6 Å². The molecule has 1 aliphatic carbocycles. The van der Waals surface area contributed by atoms with Crippen molar-refractivity contribution < 1.29 is 9.53 Å². The number of carbonyl (C=O) groups is 1. The summed E-state index contributed by atoms with van der Waals surface area (Å²) in [4.78, 5) is 26.5. The third-order valence-corrected chi connectivity index (χ3v) is 5.85. The summed E-state index contributed by atoms with van der Waals surface area (Å²) in [7, 11) is 1.57. The minimum atomic E-state index is -0.226. The first-order valence-electron chi connectivity index (χ1n) is 10.7. The number of amides is 1. The highest BCUT2D eigenvalue weighted by atomic mass is 16.5. The summed E-state index contributed by atoms with van der Waals surface area (Å²) >= 11 is 0. The van der Waals surface area contributed by atoms with Crippen LogP contribution in [0.2, 0.25) is 0 Å². The van der Waals surface area contributed by atoms with Crippen molar-refractivity contribution in [3.05, 3.63) is 70.5 Å². The van der Waals surface area contributed by atoms with Crippen molar-refractivity contribution in [2.24, 2.45) is 5.92 Å². The second-order valence-electron chi connectivity index (χ2n) is 7.91. The van der Waals surface area contributed by atoms with Crippen molar-refractivity contribution in [2.75, 3.05) is 12.4 Å². The SMILES string of the molecule is COc1ccccc1-c1c(NC(=O)C2CCCCC2)n(-c2ccccc2)nc(C)c1=O. The Morgan fingerprint density at radius 2 is 1.71 bits per heavy atom. The third kappa shape index (κ3) is 4.24. The fourth-order valence-electron chi connectivity index (χ4n) is 4.20. The highest BCUT2D eigenvalue weighted by molar-refractivity contribution is 5.96. The molecule has 0 bridgehead atoms. The van der Waals surface area contributed by atoms with Crippen LogP contribution in [-0.2, 0) is 4.79 Å². The van der Waals surface area contributed by atoms with E-state index < -0.39 is 0 Å². The van der Waals surface area contributed by atoms with Gasteiger partial charge < -0.3 is 10.1 Å². The molecule has 1 aromatic heterocycles. The zero-order valence-corrected chi connectivity index (χ0v) is 17.9.